The van der Waals surface area contributed by atoms with E-state index in [0.29, 0.717) is 13.0 Å². The third-order valence-corrected chi connectivity index (χ3v) is 3.36. The van der Waals surface area contributed by atoms with Crippen molar-refractivity contribution in [3.05, 3.63) is 22.2 Å². The highest BCUT2D eigenvalue weighted by Crippen LogP contribution is 2.36. The molecule has 0 radical (unpaired) electrons. The number of ether oxygens (including phenoxy) is 1. The number of rotatable bonds is 3. The van der Waals surface area contributed by atoms with E-state index < -0.39 is 0 Å². The van der Waals surface area contributed by atoms with Crippen molar-refractivity contribution in [1.82, 2.24) is 0 Å². The third kappa shape index (κ3) is 3.00. The Bertz CT molecular complexity index is 432. The van der Waals surface area contributed by atoms with Crippen molar-refractivity contribution in [2.45, 2.75) is 32.6 Å². The fourth-order valence-electron chi connectivity index (χ4n) is 1.87. The van der Waals surface area contributed by atoms with E-state index in [4.69, 9.17) is 4.74 Å². The van der Waals surface area contributed by atoms with Gasteiger partial charge in [-0.2, -0.15) is 0 Å². The molecule has 0 saturated carbocycles. The summed E-state index contributed by atoms with van der Waals surface area (Å²) < 4.78 is 6.50. The number of benzene rings is 1. The van der Waals surface area contributed by atoms with Crippen molar-refractivity contribution in [2.24, 2.45) is 0 Å². The average Bonchev–Trinajstić information content (AvgIpc) is 2.47. The lowest BCUT2D eigenvalue weighted by Crippen LogP contribution is -2.10. The monoisotopic (exact) mass is 297 g/mol. The normalized spacial score (nSPS) is 14.6. The van der Waals surface area contributed by atoms with Gasteiger partial charge in [0.25, 0.3) is 0 Å². The van der Waals surface area contributed by atoms with Gasteiger partial charge >= 0.3 is 0 Å². The maximum Gasteiger partial charge on any atom is 0.227 e. The Kier molecular flexibility index (Phi) is 4.05. The summed E-state index contributed by atoms with van der Waals surface area (Å²) in [5.74, 6) is 0.763. The van der Waals surface area contributed by atoms with Crippen LogP contribution in [0.4, 0.5) is 5.69 Å². The Balaban J connectivity index is 2.30. The Morgan fingerprint density at radius 1 is 1.47 bits per heavy atom. The topological polar surface area (TPSA) is 38.3 Å². The maximum atomic E-state index is 11.5. The summed E-state index contributed by atoms with van der Waals surface area (Å²) in [4.78, 5) is 11.5. The predicted molar refractivity (Wildman–Crippen MR) is 71.5 cm³/mol. The predicted octanol–water partition coefficient (Wildman–Crippen LogP) is 3.51. The van der Waals surface area contributed by atoms with Gasteiger partial charge in [-0.05, 0) is 46.5 Å². The van der Waals surface area contributed by atoms with Crippen LogP contribution in [0.1, 0.15) is 31.7 Å². The Morgan fingerprint density at radius 3 is 3.06 bits per heavy atom. The summed E-state index contributed by atoms with van der Waals surface area (Å²) in [5, 5.41) is 2.89. The zero-order chi connectivity index (χ0) is 12.3. The number of fused-ring (bicyclic) bond motifs is 1. The van der Waals surface area contributed by atoms with Crippen LogP contribution in [0.3, 0.4) is 0 Å². The van der Waals surface area contributed by atoms with Crippen molar-refractivity contribution in [2.75, 3.05) is 11.9 Å². The number of hydrogen-bond acceptors (Lipinski definition) is 2. The quantitative estimate of drug-likeness (QED) is 0.927. The molecule has 1 aromatic rings. The molecule has 0 fully saturated rings. The van der Waals surface area contributed by atoms with E-state index in [1.165, 1.54) is 5.56 Å². The second-order valence-corrected chi connectivity index (χ2v) is 5.06. The highest BCUT2D eigenvalue weighted by Gasteiger charge is 2.17. The van der Waals surface area contributed by atoms with Gasteiger partial charge < -0.3 is 10.1 Å². The molecule has 0 aromatic heterocycles. The zero-order valence-electron chi connectivity index (χ0n) is 9.88. The molecule has 17 heavy (non-hydrogen) atoms. The van der Waals surface area contributed by atoms with Gasteiger partial charge in [0.05, 0.1) is 23.2 Å². The van der Waals surface area contributed by atoms with E-state index in [1.54, 1.807) is 0 Å². The van der Waals surface area contributed by atoms with Crippen LogP contribution in [0.25, 0.3) is 0 Å². The largest absolute Gasteiger partial charge is 0.490 e. The summed E-state index contributed by atoms with van der Waals surface area (Å²) >= 11 is 3.50. The van der Waals surface area contributed by atoms with Crippen molar-refractivity contribution in [1.29, 1.82) is 0 Å². The first-order chi connectivity index (χ1) is 8.20. The summed E-state index contributed by atoms with van der Waals surface area (Å²) in [5.41, 5.74) is 2.01. The molecular weight excluding hydrogens is 282 g/mol. The summed E-state index contributed by atoms with van der Waals surface area (Å²) in [6.45, 7) is 2.61. The van der Waals surface area contributed by atoms with Gasteiger partial charge in [-0.1, -0.05) is 13.3 Å². The minimum Gasteiger partial charge on any atom is -0.490 e. The standard InChI is InChI=1S/C13H16BrNO2/c1-2-3-4-9-7-10(14)13-11(8-9)15-12(16)5-6-17-13/h7-8H,2-6H2,1H3,(H,15,16). The molecule has 2 rings (SSSR count). The van der Waals surface area contributed by atoms with Crippen LogP contribution in [0.5, 0.6) is 5.75 Å². The van der Waals surface area contributed by atoms with Crippen molar-refractivity contribution in [3.63, 3.8) is 0 Å². The number of halogens is 1. The number of nitrogens with one attached hydrogen (secondary N) is 1. The van der Waals surface area contributed by atoms with E-state index in [-0.39, 0.29) is 5.91 Å². The van der Waals surface area contributed by atoms with Gasteiger partial charge in [-0.15, -0.1) is 0 Å². The van der Waals surface area contributed by atoms with Crippen molar-refractivity contribution in [3.8, 4) is 5.75 Å². The van der Waals surface area contributed by atoms with Crippen LogP contribution in [0.2, 0.25) is 0 Å². The number of unbranched alkanes of at least 4 members (excludes halogenated alkanes) is 1. The first-order valence-corrected chi connectivity index (χ1v) is 6.75. The molecule has 1 aliphatic rings. The van der Waals surface area contributed by atoms with Crippen molar-refractivity contribution >= 4 is 27.5 Å². The number of amides is 1. The van der Waals surface area contributed by atoms with Gasteiger partial charge in [-0.3, -0.25) is 4.79 Å². The number of aryl methyl sites for hydroxylation is 1. The second-order valence-electron chi connectivity index (χ2n) is 4.20. The van der Waals surface area contributed by atoms with Crippen LogP contribution in [0.15, 0.2) is 16.6 Å². The zero-order valence-corrected chi connectivity index (χ0v) is 11.5. The van der Waals surface area contributed by atoms with Crippen LogP contribution >= 0.6 is 15.9 Å². The molecule has 1 heterocycles. The first-order valence-electron chi connectivity index (χ1n) is 5.95. The summed E-state index contributed by atoms with van der Waals surface area (Å²) in [7, 11) is 0. The van der Waals surface area contributed by atoms with E-state index >= 15 is 0 Å². The Hall–Kier alpha value is -1.03. The maximum absolute atomic E-state index is 11.5. The van der Waals surface area contributed by atoms with Crippen molar-refractivity contribution < 1.29 is 9.53 Å². The fraction of sp³-hybridized carbons (Fsp3) is 0.462. The van der Waals surface area contributed by atoms with Crippen LogP contribution in [-0.4, -0.2) is 12.5 Å². The number of hydrogen-bond donors (Lipinski definition) is 1. The number of carbonyl (C=O) groups is 1. The van der Waals surface area contributed by atoms with E-state index in [9.17, 15) is 4.79 Å². The summed E-state index contributed by atoms with van der Waals surface area (Å²) in [6.07, 6.45) is 3.75. The molecular formula is C13H16BrNO2. The lowest BCUT2D eigenvalue weighted by Gasteiger charge is -2.11. The molecule has 1 aromatic carbocycles. The van der Waals surface area contributed by atoms with E-state index in [1.807, 2.05) is 6.07 Å². The molecule has 1 aliphatic heterocycles. The highest BCUT2D eigenvalue weighted by atomic mass is 79.9. The Labute approximate surface area is 110 Å². The van der Waals surface area contributed by atoms with E-state index in [0.717, 1.165) is 35.2 Å². The molecule has 92 valence electrons. The first kappa shape index (κ1) is 12.4. The Morgan fingerprint density at radius 2 is 2.29 bits per heavy atom. The number of anilines is 1. The molecule has 1 N–H and O–H groups in total. The lowest BCUT2D eigenvalue weighted by atomic mass is 10.1. The molecule has 0 spiro atoms. The minimum absolute atomic E-state index is 0.0169. The highest BCUT2D eigenvalue weighted by molar-refractivity contribution is 9.10. The van der Waals surface area contributed by atoms with Crippen LogP contribution < -0.4 is 10.1 Å². The molecule has 4 heteroatoms. The molecule has 0 atom stereocenters. The van der Waals surface area contributed by atoms with Crippen LogP contribution in [-0.2, 0) is 11.2 Å². The molecule has 0 unspecified atom stereocenters. The minimum atomic E-state index is 0.0169. The van der Waals surface area contributed by atoms with Crippen LogP contribution in [0, 0.1) is 0 Å². The fourth-order valence-corrected chi connectivity index (χ4v) is 2.49. The molecule has 0 aliphatic carbocycles. The molecule has 0 bridgehead atoms. The third-order valence-electron chi connectivity index (χ3n) is 2.77. The number of carbonyl (C=O) groups excluding carboxylic acids is 1. The molecule has 1 amide bonds. The lowest BCUT2D eigenvalue weighted by molar-refractivity contribution is -0.116. The average molecular weight is 298 g/mol. The van der Waals surface area contributed by atoms with E-state index in [2.05, 4.69) is 34.2 Å². The van der Waals surface area contributed by atoms with Gasteiger partial charge in [0, 0.05) is 0 Å². The second kappa shape index (κ2) is 5.54. The van der Waals surface area contributed by atoms with Gasteiger partial charge in [0.2, 0.25) is 5.91 Å². The van der Waals surface area contributed by atoms with Gasteiger partial charge in [-0.25, -0.2) is 0 Å². The summed E-state index contributed by atoms with van der Waals surface area (Å²) in [6, 6.07) is 4.09. The smallest absolute Gasteiger partial charge is 0.227 e. The SMILES string of the molecule is CCCCc1cc(Br)c2c(c1)NC(=O)CCO2. The molecule has 3 nitrogen and oxygen atoms in total. The molecule has 0 saturated heterocycles. The van der Waals surface area contributed by atoms with Gasteiger partial charge in [0.1, 0.15) is 0 Å². The van der Waals surface area contributed by atoms with Gasteiger partial charge in [0.15, 0.2) is 5.75 Å².